The van der Waals surface area contributed by atoms with Crippen molar-refractivity contribution in [3.8, 4) is 5.75 Å². The molecular formula is C20H21BrN2O3. The van der Waals surface area contributed by atoms with Crippen LogP contribution >= 0.6 is 15.9 Å². The van der Waals surface area contributed by atoms with Crippen LogP contribution in [-0.4, -0.2) is 25.5 Å². The Hall–Kier alpha value is -2.34. The van der Waals surface area contributed by atoms with Crippen molar-refractivity contribution in [3.05, 3.63) is 58.6 Å². The van der Waals surface area contributed by atoms with Crippen LogP contribution in [0.4, 0.5) is 5.69 Å². The van der Waals surface area contributed by atoms with Crippen LogP contribution in [0, 0.1) is 5.92 Å². The van der Waals surface area contributed by atoms with E-state index in [-0.39, 0.29) is 30.2 Å². The van der Waals surface area contributed by atoms with E-state index in [4.69, 9.17) is 4.74 Å². The van der Waals surface area contributed by atoms with Gasteiger partial charge in [-0.2, -0.15) is 0 Å². The summed E-state index contributed by atoms with van der Waals surface area (Å²) < 4.78 is 6.21. The van der Waals surface area contributed by atoms with Crippen molar-refractivity contribution in [2.75, 3.05) is 18.6 Å². The summed E-state index contributed by atoms with van der Waals surface area (Å²) in [6.07, 6.45) is 0.218. The highest BCUT2D eigenvalue weighted by Gasteiger charge is 2.35. The second kappa shape index (κ2) is 7.91. The summed E-state index contributed by atoms with van der Waals surface area (Å²) in [5.74, 6) is 0.188. The quantitative estimate of drug-likeness (QED) is 0.808. The summed E-state index contributed by atoms with van der Waals surface area (Å²) in [5, 5.41) is 3.01. The zero-order valence-corrected chi connectivity index (χ0v) is 16.3. The maximum absolute atomic E-state index is 12.6. The molecule has 1 heterocycles. The Kier molecular flexibility index (Phi) is 5.61. The molecule has 1 saturated heterocycles. The summed E-state index contributed by atoms with van der Waals surface area (Å²) in [6, 6.07) is 15.0. The molecule has 26 heavy (non-hydrogen) atoms. The van der Waals surface area contributed by atoms with Gasteiger partial charge < -0.3 is 15.0 Å². The number of hydrogen-bond donors (Lipinski definition) is 1. The molecule has 6 heteroatoms. The van der Waals surface area contributed by atoms with Crippen molar-refractivity contribution in [3.63, 3.8) is 0 Å². The van der Waals surface area contributed by atoms with E-state index in [0.29, 0.717) is 12.3 Å². The van der Waals surface area contributed by atoms with Crippen molar-refractivity contribution in [1.82, 2.24) is 5.32 Å². The lowest BCUT2D eigenvalue weighted by atomic mass is 10.1. The average molecular weight is 417 g/mol. The number of rotatable bonds is 5. The largest absolute Gasteiger partial charge is 0.497 e. The molecule has 136 valence electrons. The fourth-order valence-corrected chi connectivity index (χ4v) is 3.34. The molecule has 1 aliphatic rings. The fraction of sp³-hybridized carbons (Fsp3) is 0.300. The topological polar surface area (TPSA) is 58.6 Å². The number of carbonyl (C=O) groups excluding carboxylic acids is 2. The summed E-state index contributed by atoms with van der Waals surface area (Å²) in [7, 11) is 1.59. The molecular weight excluding hydrogens is 396 g/mol. The van der Waals surface area contributed by atoms with Gasteiger partial charge in [-0.3, -0.25) is 9.59 Å². The molecule has 0 aliphatic carbocycles. The molecule has 2 amide bonds. The van der Waals surface area contributed by atoms with Gasteiger partial charge in [-0.05, 0) is 36.8 Å². The summed E-state index contributed by atoms with van der Waals surface area (Å²) in [4.78, 5) is 26.6. The Labute approximate surface area is 161 Å². The molecule has 0 spiro atoms. The van der Waals surface area contributed by atoms with Gasteiger partial charge in [0.1, 0.15) is 5.75 Å². The predicted molar refractivity (Wildman–Crippen MR) is 104 cm³/mol. The van der Waals surface area contributed by atoms with Crippen LogP contribution in [0.1, 0.15) is 24.9 Å². The van der Waals surface area contributed by atoms with Gasteiger partial charge in [-0.1, -0.05) is 34.1 Å². The number of ether oxygens (including phenoxy) is 1. The molecule has 3 rings (SSSR count). The number of carbonyl (C=O) groups is 2. The Morgan fingerprint density at radius 2 is 2.00 bits per heavy atom. The fourth-order valence-electron chi connectivity index (χ4n) is 3.08. The number of nitrogens with one attached hydrogen (secondary N) is 1. The molecule has 5 nitrogen and oxygen atoms in total. The molecule has 1 N–H and O–H groups in total. The van der Waals surface area contributed by atoms with E-state index in [0.717, 1.165) is 15.7 Å². The third-order valence-corrected chi connectivity index (χ3v) is 5.12. The molecule has 0 radical (unpaired) electrons. The maximum Gasteiger partial charge on any atom is 0.227 e. The van der Waals surface area contributed by atoms with Crippen LogP contribution in [0.25, 0.3) is 0 Å². The van der Waals surface area contributed by atoms with E-state index in [1.54, 1.807) is 12.0 Å². The van der Waals surface area contributed by atoms with Gasteiger partial charge in [0.15, 0.2) is 0 Å². The van der Waals surface area contributed by atoms with Crippen LogP contribution in [0.15, 0.2) is 53.0 Å². The van der Waals surface area contributed by atoms with Gasteiger partial charge >= 0.3 is 0 Å². The number of anilines is 1. The van der Waals surface area contributed by atoms with Gasteiger partial charge in [-0.25, -0.2) is 0 Å². The van der Waals surface area contributed by atoms with Gasteiger partial charge in [0.05, 0.1) is 19.1 Å². The molecule has 2 aromatic carbocycles. The first-order valence-corrected chi connectivity index (χ1v) is 9.27. The van der Waals surface area contributed by atoms with Crippen molar-refractivity contribution < 1.29 is 14.3 Å². The first-order valence-electron chi connectivity index (χ1n) is 8.48. The van der Waals surface area contributed by atoms with E-state index in [1.165, 1.54) is 0 Å². The van der Waals surface area contributed by atoms with Crippen LogP contribution in [0.3, 0.4) is 0 Å². The minimum absolute atomic E-state index is 0.0466. The highest BCUT2D eigenvalue weighted by atomic mass is 79.9. The number of amides is 2. The summed E-state index contributed by atoms with van der Waals surface area (Å²) in [6.45, 7) is 2.32. The van der Waals surface area contributed by atoms with Crippen molar-refractivity contribution in [2.24, 2.45) is 5.92 Å². The highest BCUT2D eigenvalue weighted by Crippen LogP contribution is 2.28. The minimum atomic E-state index is -0.355. The van der Waals surface area contributed by atoms with Gasteiger partial charge in [0.25, 0.3) is 0 Å². The Morgan fingerprint density at radius 1 is 1.27 bits per heavy atom. The molecule has 1 aliphatic heterocycles. The second-order valence-electron chi connectivity index (χ2n) is 6.39. The van der Waals surface area contributed by atoms with Crippen LogP contribution in [0.2, 0.25) is 0 Å². The molecule has 0 saturated carbocycles. The first kappa shape index (κ1) is 18.5. The van der Waals surface area contributed by atoms with Crippen molar-refractivity contribution >= 4 is 33.4 Å². The maximum atomic E-state index is 12.6. The third kappa shape index (κ3) is 4.07. The predicted octanol–water partition coefficient (Wildman–Crippen LogP) is 3.69. The third-order valence-electron chi connectivity index (χ3n) is 4.59. The highest BCUT2D eigenvalue weighted by molar-refractivity contribution is 9.10. The Morgan fingerprint density at radius 3 is 2.69 bits per heavy atom. The van der Waals surface area contributed by atoms with E-state index >= 15 is 0 Å². The number of nitrogens with zero attached hydrogens (tertiary/aromatic N) is 1. The molecule has 0 aromatic heterocycles. The van der Waals surface area contributed by atoms with Crippen LogP contribution in [0.5, 0.6) is 5.75 Å². The first-order chi connectivity index (χ1) is 12.5. The molecule has 0 unspecified atom stereocenters. The zero-order chi connectivity index (χ0) is 18.7. The van der Waals surface area contributed by atoms with Crippen molar-refractivity contribution in [1.29, 1.82) is 0 Å². The lowest BCUT2D eigenvalue weighted by molar-refractivity contribution is -0.126. The molecule has 0 bridgehead atoms. The summed E-state index contributed by atoms with van der Waals surface area (Å²) in [5.41, 5.74) is 1.78. The number of methoxy groups -OCH3 is 1. The van der Waals surface area contributed by atoms with E-state index < -0.39 is 0 Å². The van der Waals surface area contributed by atoms with Gasteiger partial charge in [0.2, 0.25) is 11.8 Å². The molecule has 2 aromatic rings. The summed E-state index contributed by atoms with van der Waals surface area (Å²) >= 11 is 3.41. The van der Waals surface area contributed by atoms with Crippen LogP contribution < -0.4 is 15.0 Å². The smallest absolute Gasteiger partial charge is 0.227 e. The lowest BCUT2D eigenvalue weighted by Crippen LogP contribution is -2.34. The lowest BCUT2D eigenvalue weighted by Gasteiger charge is -2.19. The normalized spacial score (nSPS) is 17.9. The van der Waals surface area contributed by atoms with Gasteiger partial charge in [-0.15, -0.1) is 0 Å². The molecule has 2 atom stereocenters. The number of halogens is 1. The second-order valence-corrected chi connectivity index (χ2v) is 7.30. The van der Waals surface area contributed by atoms with E-state index in [1.807, 2.05) is 55.5 Å². The standard InChI is InChI=1S/C20H21BrN2O3/c1-13(14-6-8-16(21)9-7-14)22-20(25)15-10-19(24)23(12-15)17-4-3-5-18(11-17)26-2/h3-9,11,13,15H,10,12H2,1-2H3,(H,22,25)/t13-,15-/m1/s1. The average Bonchev–Trinajstić information content (AvgIpc) is 3.04. The minimum Gasteiger partial charge on any atom is -0.497 e. The Bertz CT molecular complexity index is 807. The zero-order valence-electron chi connectivity index (χ0n) is 14.7. The van der Waals surface area contributed by atoms with Crippen molar-refractivity contribution in [2.45, 2.75) is 19.4 Å². The number of benzene rings is 2. The SMILES string of the molecule is COc1cccc(N2C[C@H](C(=O)N[C@H](C)c3ccc(Br)cc3)CC2=O)c1. The Balaban J connectivity index is 1.65. The number of hydrogen-bond acceptors (Lipinski definition) is 3. The monoisotopic (exact) mass is 416 g/mol. The molecule has 1 fully saturated rings. The van der Waals surface area contributed by atoms with E-state index in [2.05, 4.69) is 21.2 Å². The van der Waals surface area contributed by atoms with Gasteiger partial charge in [0, 0.05) is 29.2 Å². The van der Waals surface area contributed by atoms with E-state index in [9.17, 15) is 9.59 Å². The van der Waals surface area contributed by atoms with Crippen LogP contribution in [-0.2, 0) is 9.59 Å².